The molecule has 1 heterocycles. The highest BCUT2D eigenvalue weighted by atomic mass is 16.4. The maximum absolute atomic E-state index is 12.4. The van der Waals surface area contributed by atoms with Gasteiger partial charge in [0.05, 0.1) is 30.6 Å². The Hall–Kier alpha value is -2.70. The first-order chi connectivity index (χ1) is 11.5. The second-order valence-corrected chi connectivity index (χ2v) is 6.30. The molecule has 0 bridgehead atoms. The molecule has 1 aromatic heterocycles. The summed E-state index contributed by atoms with van der Waals surface area (Å²) in [5, 5.41) is 20.0. The van der Waals surface area contributed by atoms with Crippen LogP contribution in [0, 0.1) is 12.8 Å². The third-order valence-electron chi connectivity index (χ3n) is 4.45. The van der Waals surface area contributed by atoms with Crippen LogP contribution in [0.25, 0.3) is 0 Å². The van der Waals surface area contributed by atoms with Gasteiger partial charge in [-0.1, -0.05) is 35.0 Å². The highest BCUT2D eigenvalue weighted by Crippen LogP contribution is 2.34. The van der Waals surface area contributed by atoms with E-state index in [0.29, 0.717) is 12.8 Å². The van der Waals surface area contributed by atoms with Crippen molar-refractivity contribution in [1.29, 1.82) is 0 Å². The Morgan fingerprint density at radius 1 is 1.38 bits per heavy atom. The molecule has 0 saturated heterocycles. The van der Waals surface area contributed by atoms with Gasteiger partial charge < -0.3 is 10.4 Å². The molecule has 3 rings (SSSR count). The number of aliphatic carboxylic acids is 1. The summed E-state index contributed by atoms with van der Waals surface area (Å²) in [6.45, 7) is 1.98. The predicted molar refractivity (Wildman–Crippen MR) is 86.2 cm³/mol. The number of aromatic nitrogens is 3. The number of rotatable bonds is 5. The number of carboxylic acid groups (broad SMARTS) is 1. The van der Waals surface area contributed by atoms with E-state index in [1.165, 1.54) is 0 Å². The van der Waals surface area contributed by atoms with Crippen LogP contribution in [0.2, 0.25) is 0 Å². The largest absolute Gasteiger partial charge is 0.481 e. The van der Waals surface area contributed by atoms with Crippen molar-refractivity contribution in [3.63, 3.8) is 0 Å². The first-order valence-electron chi connectivity index (χ1n) is 7.96. The molecular formula is C17H20N4O3. The van der Waals surface area contributed by atoms with E-state index >= 15 is 0 Å². The molecule has 2 N–H and O–H groups in total. The van der Waals surface area contributed by atoms with Crippen LogP contribution in [0.15, 0.2) is 36.7 Å². The highest BCUT2D eigenvalue weighted by Gasteiger charge is 2.40. The Labute approximate surface area is 139 Å². The van der Waals surface area contributed by atoms with Crippen molar-refractivity contribution < 1.29 is 14.7 Å². The molecule has 1 unspecified atom stereocenters. The molecule has 126 valence electrons. The summed E-state index contributed by atoms with van der Waals surface area (Å²) in [6.07, 6.45) is 4.38. The molecule has 0 radical (unpaired) electrons. The van der Waals surface area contributed by atoms with Gasteiger partial charge >= 0.3 is 5.97 Å². The molecule has 1 aliphatic rings. The third-order valence-corrected chi connectivity index (χ3v) is 4.45. The SMILES string of the molecule is Cc1cccc(CC(=O)N[C@@H]2CC(C(=O)O)C[C@@H]2n2ccnn2)c1. The fraction of sp³-hybridized carbons (Fsp3) is 0.412. The maximum atomic E-state index is 12.4. The normalized spacial score (nSPS) is 23.1. The molecule has 1 aromatic carbocycles. The van der Waals surface area contributed by atoms with Crippen LogP contribution in [0.4, 0.5) is 0 Å². The van der Waals surface area contributed by atoms with E-state index in [1.807, 2.05) is 31.2 Å². The standard InChI is InChI=1S/C17H20N4O3/c1-11-3-2-4-12(7-11)8-16(22)19-14-9-13(17(23)24)10-15(14)21-6-5-18-20-21/h2-7,13-15H,8-10H2,1H3,(H,19,22)(H,23,24)/t13?,14-,15+/m1/s1. The van der Waals surface area contributed by atoms with Gasteiger partial charge in [-0.05, 0) is 25.3 Å². The fourth-order valence-corrected chi connectivity index (χ4v) is 3.32. The number of benzene rings is 1. The molecule has 1 fully saturated rings. The second kappa shape index (κ2) is 6.82. The van der Waals surface area contributed by atoms with E-state index in [0.717, 1.165) is 11.1 Å². The molecule has 3 atom stereocenters. The van der Waals surface area contributed by atoms with Gasteiger partial charge in [0, 0.05) is 6.20 Å². The van der Waals surface area contributed by atoms with Crippen molar-refractivity contribution >= 4 is 11.9 Å². The number of amides is 1. The van der Waals surface area contributed by atoms with Crippen molar-refractivity contribution in [2.75, 3.05) is 0 Å². The first kappa shape index (κ1) is 16.2. The van der Waals surface area contributed by atoms with Crippen LogP contribution in [-0.2, 0) is 16.0 Å². The molecule has 0 spiro atoms. The Morgan fingerprint density at radius 3 is 2.88 bits per heavy atom. The van der Waals surface area contributed by atoms with Crippen molar-refractivity contribution in [3.05, 3.63) is 47.8 Å². The minimum absolute atomic E-state index is 0.109. The van der Waals surface area contributed by atoms with Crippen LogP contribution in [0.3, 0.4) is 0 Å². The zero-order valence-corrected chi connectivity index (χ0v) is 13.4. The number of nitrogens with one attached hydrogen (secondary N) is 1. The van der Waals surface area contributed by atoms with E-state index in [9.17, 15) is 14.7 Å². The molecule has 7 heteroatoms. The van der Waals surface area contributed by atoms with Gasteiger partial charge in [-0.2, -0.15) is 0 Å². The van der Waals surface area contributed by atoms with Gasteiger partial charge in [-0.3, -0.25) is 9.59 Å². The lowest BCUT2D eigenvalue weighted by atomic mass is 10.1. The third kappa shape index (κ3) is 3.61. The van der Waals surface area contributed by atoms with Gasteiger partial charge in [0.2, 0.25) is 5.91 Å². The number of hydrogen-bond acceptors (Lipinski definition) is 4. The Bertz CT molecular complexity index is 729. The van der Waals surface area contributed by atoms with Gasteiger partial charge in [-0.25, -0.2) is 4.68 Å². The van der Waals surface area contributed by atoms with E-state index in [-0.39, 0.29) is 24.4 Å². The predicted octanol–water partition coefficient (Wildman–Crippen LogP) is 1.35. The monoisotopic (exact) mass is 328 g/mol. The number of carbonyl (C=O) groups excluding carboxylic acids is 1. The van der Waals surface area contributed by atoms with Crippen LogP contribution in [0.1, 0.15) is 30.0 Å². The lowest BCUT2D eigenvalue weighted by molar-refractivity contribution is -0.141. The van der Waals surface area contributed by atoms with Gasteiger partial charge in [0.1, 0.15) is 0 Å². The Kier molecular flexibility index (Phi) is 4.59. The highest BCUT2D eigenvalue weighted by molar-refractivity contribution is 5.79. The molecule has 24 heavy (non-hydrogen) atoms. The number of nitrogens with zero attached hydrogens (tertiary/aromatic N) is 3. The smallest absolute Gasteiger partial charge is 0.306 e. The average Bonchev–Trinajstić information content (AvgIpc) is 3.15. The molecule has 1 amide bonds. The Morgan fingerprint density at radius 2 is 2.21 bits per heavy atom. The maximum Gasteiger partial charge on any atom is 0.306 e. The Balaban J connectivity index is 1.69. The van der Waals surface area contributed by atoms with E-state index in [2.05, 4.69) is 15.6 Å². The second-order valence-electron chi connectivity index (χ2n) is 6.30. The molecule has 2 aromatic rings. The zero-order chi connectivity index (χ0) is 17.1. The van der Waals surface area contributed by atoms with Gasteiger partial charge in [0.15, 0.2) is 0 Å². The van der Waals surface area contributed by atoms with Crippen molar-refractivity contribution in [2.24, 2.45) is 5.92 Å². The van der Waals surface area contributed by atoms with Crippen molar-refractivity contribution in [3.8, 4) is 0 Å². The molecule has 7 nitrogen and oxygen atoms in total. The molecule has 1 aliphatic carbocycles. The topological polar surface area (TPSA) is 97.1 Å². The lowest BCUT2D eigenvalue weighted by Crippen LogP contribution is -2.39. The summed E-state index contributed by atoms with van der Waals surface area (Å²) in [7, 11) is 0. The van der Waals surface area contributed by atoms with E-state index in [4.69, 9.17) is 0 Å². The summed E-state index contributed by atoms with van der Waals surface area (Å²) >= 11 is 0. The molecular weight excluding hydrogens is 308 g/mol. The minimum Gasteiger partial charge on any atom is -0.481 e. The first-order valence-corrected chi connectivity index (χ1v) is 7.96. The van der Waals surface area contributed by atoms with Crippen molar-refractivity contribution in [1.82, 2.24) is 20.3 Å². The number of carbonyl (C=O) groups is 2. The van der Waals surface area contributed by atoms with E-state index < -0.39 is 11.9 Å². The summed E-state index contributed by atoms with van der Waals surface area (Å²) in [4.78, 5) is 23.7. The van der Waals surface area contributed by atoms with Gasteiger partial charge in [0.25, 0.3) is 0 Å². The summed E-state index contributed by atoms with van der Waals surface area (Å²) < 4.78 is 1.64. The number of hydrogen-bond donors (Lipinski definition) is 2. The summed E-state index contributed by atoms with van der Waals surface area (Å²) in [5.41, 5.74) is 2.05. The lowest BCUT2D eigenvalue weighted by Gasteiger charge is -2.20. The quantitative estimate of drug-likeness (QED) is 0.863. The minimum atomic E-state index is -0.837. The molecule has 0 aliphatic heterocycles. The van der Waals surface area contributed by atoms with Crippen LogP contribution < -0.4 is 5.32 Å². The fourth-order valence-electron chi connectivity index (χ4n) is 3.32. The van der Waals surface area contributed by atoms with Gasteiger partial charge in [-0.15, -0.1) is 5.10 Å². The van der Waals surface area contributed by atoms with Crippen molar-refractivity contribution in [2.45, 2.75) is 38.3 Å². The number of carboxylic acids is 1. The van der Waals surface area contributed by atoms with Crippen LogP contribution in [-0.4, -0.2) is 38.0 Å². The van der Waals surface area contributed by atoms with Crippen LogP contribution >= 0.6 is 0 Å². The van der Waals surface area contributed by atoms with Crippen LogP contribution in [0.5, 0.6) is 0 Å². The summed E-state index contributed by atoms with van der Waals surface area (Å²) in [5.74, 6) is -1.43. The number of aryl methyl sites for hydroxylation is 1. The summed E-state index contributed by atoms with van der Waals surface area (Å²) in [6, 6.07) is 7.35. The average molecular weight is 328 g/mol. The molecule has 1 saturated carbocycles. The zero-order valence-electron chi connectivity index (χ0n) is 13.4. The van der Waals surface area contributed by atoms with E-state index in [1.54, 1.807) is 17.1 Å².